The minimum absolute atomic E-state index is 0.101. The van der Waals surface area contributed by atoms with Crippen LogP contribution in [0.2, 0.25) is 0 Å². The van der Waals surface area contributed by atoms with Crippen molar-refractivity contribution in [3.8, 4) is 5.75 Å². The van der Waals surface area contributed by atoms with Crippen LogP contribution in [0.1, 0.15) is 36.8 Å². The molecule has 0 spiro atoms. The maximum absolute atomic E-state index is 13.7. The lowest BCUT2D eigenvalue weighted by Crippen LogP contribution is -2.60. The third-order valence-electron chi connectivity index (χ3n) is 6.86. The highest BCUT2D eigenvalue weighted by atomic mass is 32.2. The number of nitrogens with zero attached hydrogens (tertiary/aromatic N) is 2. The number of benzene rings is 2. The molecule has 0 aliphatic heterocycles. The largest absolute Gasteiger partial charge is 0.467 e. The first kappa shape index (κ1) is 29.1. The monoisotopic (exact) mass is 545 g/mol. The highest BCUT2D eigenvalue weighted by Crippen LogP contribution is 2.38. The Hall–Kier alpha value is -3.44. The smallest absolute Gasteiger partial charge is 0.414 e. The summed E-state index contributed by atoms with van der Waals surface area (Å²) in [6.07, 6.45) is 1.60. The van der Waals surface area contributed by atoms with Crippen LogP contribution in [-0.2, 0) is 30.8 Å². The molecule has 0 aromatic heterocycles. The van der Waals surface area contributed by atoms with E-state index >= 15 is 0 Å². The fourth-order valence-electron chi connectivity index (χ4n) is 4.49. The second-order valence-electron chi connectivity index (χ2n) is 9.68. The number of esters is 1. The molecular weight excluding hydrogens is 510 g/mol. The second kappa shape index (κ2) is 12.0. The quantitative estimate of drug-likeness (QED) is 0.481. The molecule has 0 radical (unpaired) electrons. The van der Waals surface area contributed by atoms with Gasteiger partial charge in [0.2, 0.25) is 15.9 Å². The molecule has 0 unspecified atom stereocenters. The first-order valence-corrected chi connectivity index (χ1v) is 13.8. The third kappa shape index (κ3) is 6.33. The highest BCUT2D eigenvalue weighted by molar-refractivity contribution is 7.89. The Bertz CT molecular complexity index is 1250. The number of hydrogen-bond acceptors (Lipinski definition) is 7. The minimum Gasteiger partial charge on any atom is -0.467 e. The van der Waals surface area contributed by atoms with Crippen LogP contribution in [0.3, 0.4) is 0 Å². The van der Waals surface area contributed by atoms with Crippen molar-refractivity contribution in [2.45, 2.75) is 55.5 Å². The van der Waals surface area contributed by atoms with Gasteiger partial charge in [0, 0.05) is 27.6 Å². The lowest BCUT2D eigenvalue weighted by Gasteiger charge is -2.37. The van der Waals surface area contributed by atoms with Crippen LogP contribution in [0, 0.1) is 6.92 Å². The maximum Gasteiger partial charge on any atom is 0.414 e. The summed E-state index contributed by atoms with van der Waals surface area (Å²) in [4.78, 5) is 39.5. The molecule has 2 aromatic rings. The molecule has 11 heteroatoms. The van der Waals surface area contributed by atoms with E-state index in [1.54, 1.807) is 50.5 Å². The van der Waals surface area contributed by atoms with Gasteiger partial charge in [0.05, 0.1) is 12.0 Å². The summed E-state index contributed by atoms with van der Waals surface area (Å²) in [6, 6.07) is 12.0. The van der Waals surface area contributed by atoms with E-state index in [1.807, 2.05) is 6.92 Å². The average molecular weight is 546 g/mol. The van der Waals surface area contributed by atoms with Crippen LogP contribution in [0.4, 0.5) is 4.79 Å². The molecule has 1 atom stereocenters. The van der Waals surface area contributed by atoms with Crippen molar-refractivity contribution >= 4 is 28.0 Å². The van der Waals surface area contributed by atoms with Crippen LogP contribution in [0.15, 0.2) is 53.4 Å². The SMILES string of the molecule is COC(=O)[C@H](Cc1ccc(OC(=O)N(C)C)cc1)NC(=O)C1(N(C)S(=O)(=O)c2ccc(C)cc2)CCCC1. The van der Waals surface area contributed by atoms with Gasteiger partial charge in [0.1, 0.15) is 17.3 Å². The van der Waals surface area contributed by atoms with Crippen molar-refractivity contribution in [2.24, 2.45) is 0 Å². The maximum atomic E-state index is 13.7. The lowest BCUT2D eigenvalue weighted by molar-refractivity contribution is -0.146. The second-order valence-corrected chi connectivity index (χ2v) is 11.7. The van der Waals surface area contributed by atoms with Gasteiger partial charge in [0.25, 0.3) is 0 Å². The van der Waals surface area contributed by atoms with Crippen LogP contribution < -0.4 is 10.1 Å². The Balaban J connectivity index is 1.82. The van der Waals surface area contributed by atoms with Crippen molar-refractivity contribution in [3.05, 3.63) is 59.7 Å². The number of sulfonamides is 1. The number of aryl methyl sites for hydroxylation is 1. The van der Waals surface area contributed by atoms with Gasteiger partial charge in [-0.3, -0.25) is 4.79 Å². The van der Waals surface area contributed by atoms with Gasteiger partial charge in [-0.05, 0) is 49.6 Å². The first-order valence-electron chi connectivity index (χ1n) is 12.3. The van der Waals surface area contributed by atoms with E-state index in [1.165, 1.54) is 31.2 Å². The predicted molar refractivity (Wildman–Crippen MR) is 141 cm³/mol. The van der Waals surface area contributed by atoms with E-state index < -0.39 is 39.6 Å². The summed E-state index contributed by atoms with van der Waals surface area (Å²) < 4.78 is 38.2. The Labute approximate surface area is 223 Å². The van der Waals surface area contributed by atoms with Gasteiger partial charge in [-0.1, -0.05) is 42.7 Å². The lowest BCUT2D eigenvalue weighted by atomic mass is 9.95. The van der Waals surface area contributed by atoms with Gasteiger partial charge < -0.3 is 19.7 Å². The molecule has 1 aliphatic carbocycles. The molecule has 2 aromatic carbocycles. The molecule has 1 aliphatic rings. The number of rotatable bonds is 9. The number of amides is 2. The summed E-state index contributed by atoms with van der Waals surface area (Å²) >= 11 is 0. The van der Waals surface area contributed by atoms with E-state index in [2.05, 4.69) is 5.32 Å². The van der Waals surface area contributed by atoms with E-state index in [-0.39, 0.29) is 11.3 Å². The number of methoxy groups -OCH3 is 1. The van der Waals surface area contributed by atoms with E-state index in [9.17, 15) is 22.8 Å². The summed E-state index contributed by atoms with van der Waals surface area (Å²) in [5.41, 5.74) is 0.274. The van der Waals surface area contributed by atoms with Crippen LogP contribution in [0.25, 0.3) is 0 Å². The molecule has 10 nitrogen and oxygen atoms in total. The Kier molecular flexibility index (Phi) is 9.16. The summed E-state index contributed by atoms with van der Waals surface area (Å²) in [7, 11) is 1.81. The highest BCUT2D eigenvalue weighted by Gasteiger charge is 2.50. The molecule has 1 saturated carbocycles. The molecule has 1 N–H and O–H groups in total. The van der Waals surface area contributed by atoms with E-state index in [0.717, 1.165) is 9.87 Å². The molecule has 3 rings (SSSR count). The van der Waals surface area contributed by atoms with Gasteiger partial charge >= 0.3 is 12.1 Å². The first-order chi connectivity index (χ1) is 17.9. The number of nitrogens with one attached hydrogen (secondary N) is 1. The summed E-state index contributed by atoms with van der Waals surface area (Å²) in [6.45, 7) is 1.86. The topological polar surface area (TPSA) is 122 Å². The Morgan fingerprint density at radius 2 is 1.55 bits per heavy atom. The average Bonchev–Trinajstić information content (AvgIpc) is 3.39. The molecule has 2 amide bonds. The van der Waals surface area contributed by atoms with Gasteiger partial charge in [-0.25, -0.2) is 18.0 Å². The molecule has 206 valence electrons. The number of ether oxygens (including phenoxy) is 2. The zero-order valence-electron chi connectivity index (χ0n) is 22.4. The van der Waals surface area contributed by atoms with E-state index in [0.29, 0.717) is 37.0 Å². The summed E-state index contributed by atoms with van der Waals surface area (Å²) in [5, 5.41) is 2.76. The van der Waals surface area contributed by atoms with Gasteiger partial charge in [0.15, 0.2) is 0 Å². The molecule has 0 heterocycles. The predicted octanol–water partition coefficient (Wildman–Crippen LogP) is 2.89. The number of carbonyl (C=O) groups excluding carboxylic acids is 3. The normalized spacial score (nSPS) is 15.5. The fraction of sp³-hybridized carbons (Fsp3) is 0.444. The number of likely N-dealkylation sites (N-methyl/N-ethyl adjacent to an activating group) is 1. The fourth-order valence-corrected chi connectivity index (χ4v) is 6.01. The number of carbonyl (C=O) groups is 3. The molecule has 0 bridgehead atoms. The van der Waals surface area contributed by atoms with E-state index in [4.69, 9.17) is 9.47 Å². The molecular formula is C27H35N3O7S. The van der Waals surface area contributed by atoms with Crippen LogP contribution in [0.5, 0.6) is 5.75 Å². The molecule has 1 fully saturated rings. The summed E-state index contributed by atoms with van der Waals surface area (Å²) in [5.74, 6) is -0.863. The van der Waals surface area contributed by atoms with Gasteiger partial charge in [-0.15, -0.1) is 0 Å². The van der Waals surface area contributed by atoms with Crippen molar-refractivity contribution < 1.29 is 32.3 Å². The third-order valence-corrected chi connectivity index (χ3v) is 8.80. The Morgan fingerprint density at radius 1 is 0.974 bits per heavy atom. The van der Waals surface area contributed by atoms with Crippen LogP contribution in [-0.4, -0.2) is 75.4 Å². The van der Waals surface area contributed by atoms with Crippen molar-refractivity contribution in [2.75, 3.05) is 28.3 Å². The molecule has 38 heavy (non-hydrogen) atoms. The van der Waals surface area contributed by atoms with Crippen LogP contribution >= 0.6 is 0 Å². The standard InChI is InChI=1S/C27H35N3O7S/c1-19-8-14-22(15-9-19)38(34,35)30(4)27(16-6-7-17-27)25(32)28-23(24(31)36-5)18-20-10-12-21(13-11-20)37-26(33)29(2)3/h8-15,23H,6-7,16-18H2,1-5H3,(H,28,32)/t23-/m0/s1. The zero-order chi connectivity index (χ0) is 28.1. The van der Waals surface area contributed by atoms with Crippen molar-refractivity contribution in [1.29, 1.82) is 0 Å². The van der Waals surface area contributed by atoms with Crippen molar-refractivity contribution in [1.82, 2.24) is 14.5 Å². The number of hydrogen-bond donors (Lipinski definition) is 1. The van der Waals surface area contributed by atoms with Gasteiger partial charge in [-0.2, -0.15) is 4.31 Å². The van der Waals surface area contributed by atoms with Crippen molar-refractivity contribution in [3.63, 3.8) is 0 Å². The minimum atomic E-state index is -3.97. The molecule has 0 saturated heterocycles. The Morgan fingerprint density at radius 3 is 2.08 bits per heavy atom. The zero-order valence-corrected chi connectivity index (χ0v) is 23.2.